The van der Waals surface area contributed by atoms with Crippen LogP contribution in [0.15, 0.2) is 59.6 Å². The van der Waals surface area contributed by atoms with Crippen molar-refractivity contribution in [1.82, 2.24) is 10.2 Å². The molecule has 0 saturated carbocycles. The van der Waals surface area contributed by atoms with Crippen LogP contribution < -0.4 is 10.2 Å². The van der Waals surface area contributed by atoms with Gasteiger partial charge in [-0.3, -0.25) is 0 Å². The lowest BCUT2D eigenvalue weighted by atomic mass is 10.2. The summed E-state index contributed by atoms with van der Waals surface area (Å²) in [6.07, 6.45) is 0. The zero-order valence-electron chi connectivity index (χ0n) is 16.4. The molecule has 144 valence electrons. The van der Waals surface area contributed by atoms with Crippen molar-refractivity contribution in [3.05, 3.63) is 65.7 Å². The Morgan fingerprint density at radius 2 is 1.74 bits per heavy atom. The van der Waals surface area contributed by atoms with E-state index in [1.54, 1.807) is 0 Å². The Balaban J connectivity index is 1.62. The molecule has 2 aromatic rings. The Morgan fingerprint density at radius 1 is 1.04 bits per heavy atom. The van der Waals surface area contributed by atoms with Gasteiger partial charge in [-0.25, -0.2) is 4.99 Å². The van der Waals surface area contributed by atoms with E-state index >= 15 is 0 Å². The van der Waals surface area contributed by atoms with Gasteiger partial charge in [-0.2, -0.15) is 0 Å². The Kier molecular flexibility index (Phi) is 7.11. The van der Waals surface area contributed by atoms with Crippen molar-refractivity contribution in [2.75, 3.05) is 44.8 Å². The van der Waals surface area contributed by atoms with Crippen LogP contribution in [-0.2, 0) is 17.8 Å². The van der Waals surface area contributed by atoms with Gasteiger partial charge < -0.3 is 19.9 Å². The number of nitrogens with one attached hydrogen (secondary N) is 1. The van der Waals surface area contributed by atoms with Crippen molar-refractivity contribution >= 4 is 11.6 Å². The molecule has 0 atom stereocenters. The summed E-state index contributed by atoms with van der Waals surface area (Å²) in [5.41, 5.74) is 3.76. The molecule has 3 rings (SSSR count). The van der Waals surface area contributed by atoms with Crippen molar-refractivity contribution in [2.24, 2.45) is 4.99 Å². The Bertz CT molecular complexity index is 709. The summed E-state index contributed by atoms with van der Waals surface area (Å²) in [7, 11) is 2.08. The number of morpholine rings is 1. The number of hydrogen-bond donors (Lipinski definition) is 1. The van der Waals surface area contributed by atoms with Gasteiger partial charge in [-0.05, 0) is 30.2 Å². The molecule has 0 aromatic heterocycles. The third-order valence-electron chi connectivity index (χ3n) is 4.68. The van der Waals surface area contributed by atoms with E-state index in [4.69, 9.17) is 9.73 Å². The normalized spacial score (nSPS) is 14.9. The standard InChI is InChI=1S/C22H30N4O/c1-3-23-22(25(2)18-20-7-5-4-6-8-20)24-17-19-9-11-21(12-10-19)26-13-15-27-16-14-26/h4-12H,3,13-18H2,1-2H3,(H,23,24). The van der Waals surface area contributed by atoms with Gasteiger partial charge in [0.2, 0.25) is 0 Å². The molecule has 5 nitrogen and oxygen atoms in total. The van der Waals surface area contributed by atoms with Crippen LogP contribution >= 0.6 is 0 Å². The highest BCUT2D eigenvalue weighted by Gasteiger charge is 2.11. The first-order valence-electron chi connectivity index (χ1n) is 9.71. The van der Waals surface area contributed by atoms with E-state index in [1.807, 2.05) is 6.07 Å². The number of guanidine groups is 1. The van der Waals surface area contributed by atoms with Crippen LogP contribution in [0, 0.1) is 0 Å². The Morgan fingerprint density at radius 3 is 2.41 bits per heavy atom. The van der Waals surface area contributed by atoms with E-state index in [0.717, 1.165) is 45.4 Å². The Hall–Kier alpha value is -2.53. The van der Waals surface area contributed by atoms with Crippen LogP contribution in [0.1, 0.15) is 18.1 Å². The average molecular weight is 367 g/mol. The van der Waals surface area contributed by atoms with Gasteiger partial charge in [0, 0.05) is 38.9 Å². The van der Waals surface area contributed by atoms with Gasteiger partial charge >= 0.3 is 0 Å². The number of hydrogen-bond acceptors (Lipinski definition) is 3. The highest BCUT2D eigenvalue weighted by atomic mass is 16.5. The predicted octanol–water partition coefficient (Wildman–Crippen LogP) is 3.12. The van der Waals surface area contributed by atoms with Crippen LogP contribution in [0.2, 0.25) is 0 Å². The monoisotopic (exact) mass is 366 g/mol. The summed E-state index contributed by atoms with van der Waals surface area (Å²) in [4.78, 5) is 9.36. The Labute approximate surface area is 162 Å². The van der Waals surface area contributed by atoms with Gasteiger partial charge in [0.15, 0.2) is 5.96 Å². The van der Waals surface area contributed by atoms with Crippen molar-refractivity contribution in [1.29, 1.82) is 0 Å². The SMILES string of the molecule is CCNC(=NCc1ccc(N2CCOCC2)cc1)N(C)Cc1ccccc1. The van der Waals surface area contributed by atoms with Crippen molar-refractivity contribution in [2.45, 2.75) is 20.0 Å². The second-order valence-electron chi connectivity index (χ2n) is 6.78. The minimum absolute atomic E-state index is 0.671. The third-order valence-corrected chi connectivity index (χ3v) is 4.68. The maximum Gasteiger partial charge on any atom is 0.194 e. The van der Waals surface area contributed by atoms with Gasteiger partial charge in [-0.1, -0.05) is 42.5 Å². The maximum atomic E-state index is 5.43. The minimum Gasteiger partial charge on any atom is -0.378 e. The second-order valence-corrected chi connectivity index (χ2v) is 6.78. The summed E-state index contributed by atoms with van der Waals surface area (Å²) < 4.78 is 5.43. The summed E-state index contributed by atoms with van der Waals surface area (Å²) in [6, 6.07) is 19.2. The first kappa shape index (κ1) is 19.2. The molecule has 1 saturated heterocycles. The van der Waals surface area contributed by atoms with Crippen molar-refractivity contribution in [3.63, 3.8) is 0 Å². The number of nitrogens with zero attached hydrogens (tertiary/aromatic N) is 3. The van der Waals surface area contributed by atoms with Gasteiger partial charge in [-0.15, -0.1) is 0 Å². The number of rotatable bonds is 6. The summed E-state index contributed by atoms with van der Waals surface area (Å²) in [6.45, 7) is 8.01. The first-order valence-corrected chi connectivity index (χ1v) is 9.71. The van der Waals surface area contributed by atoms with E-state index in [9.17, 15) is 0 Å². The van der Waals surface area contributed by atoms with Gasteiger partial charge in [0.25, 0.3) is 0 Å². The smallest absolute Gasteiger partial charge is 0.194 e. The molecular weight excluding hydrogens is 336 g/mol. The van der Waals surface area contributed by atoms with Gasteiger partial charge in [0.05, 0.1) is 19.8 Å². The molecule has 5 heteroatoms. The fraction of sp³-hybridized carbons (Fsp3) is 0.409. The number of anilines is 1. The minimum atomic E-state index is 0.671. The summed E-state index contributed by atoms with van der Waals surface area (Å²) in [5, 5.41) is 3.39. The number of ether oxygens (including phenoxy) is 1. The lowest BCUT2D eigenvalue weighted by Crippen LogP contribution is -2.38. The molecule has 1 aliphatic heterocycles. The number of aliphatic imine (C=N–C) groups is 1. The predicted molar refractivity (Wildman–Crippen MR) is 112 cm³/mol. The van der Waals surface area contributed by atoms with E-state index < -0.39 is 0 Å². The lowest BCUT2D eigenvalue weighted by molar-refractivity contribution is 0.122. The van der Waals surface area contributed by atoms with Crippen LogP contribution in [0.5, 0.6) is 0 Å². The van der Waals surface area contributed by atoms with Crippen LogP contribution in [-0.4, -0.2) is 50.8 Å². The lowest BCUT2D eigenvalue weighted by Gasteiger charge is -2.28. The van der Waals surface area contributed by atoms with E-state index in [2.05, 4.69) is 77.6 Å². The highest BCUT2D eigenvalue weighted by Crippen LogP contribution is 2.17. The molecule has 0 radical (unpaired) electrons. The first-order chi connectivity index (χ1) is 13.3. The van der Waals surface area contributed by atoms with Gasteiger partial charge in [0.1, 0.15) is 0 Å². The van der Waals surface area contributed by atoms with Crippen LogP contribution in [0.3, 0.4) is 0 Å². The summed E-state index contributed by atoms with van der Waals surface area (Å²) >= 11 is 0. The molecule has 0 amide bonds. The molecular formula is C22H30N4O. The maximum absolute atomic E-state index is 5.43. The molecule has 0 unspecified atom stereocenters. The zero-order chi connectivity index (χ0) is 18.9. The highest BCUT2D eigenvalue weighted by molar-refractivity contribution is 5.79. The van der Waals surface area contributed by atoms with E-state index in [-0.39, 0.29) is 0 Å². The molecule has 0 bridgehead atoms. The topological polar surface area (TPSA) is 40.1 Å². The fourth-order valence-corrected chi connectivity index (χ4v) is 3.20. The fourth-order valence-electron chi connectivity index (χ4n) is 3.20. The average Bonchev–Trinajstić information content (AvgIpc) is 2.73. The van der Waals surface area contributed by atoms with Crippen LogP contribution in [0.4, 0.5) is 5.69 Å². The van der Waals surface area contributed by atoms with Crippen LogP contribution in [0.25, 0.3) is 0 Å². The molecule has 2 aromatic carbocycles. The third kappa shape index (κ3) is 5.73. The largest absolute Gasteiger partial charge is 0.378 e. The second kappa shape index (κ2) is 9.97. The molecule has 1 N–H and O–H groups in total. The van der Waals surface area contributed by atoms with E-state index in [1.165, 1.54) is 16.8 Å². The zero-order valence-corrected chi connectivity index (χ0v) is 16.4. The number of benzene rings is 2. The van der Waals surface area contributed by atoms with E-state index in [0.29, 0.717) is 6.54 Å². The molecule has 1 heterocycles. The summed E-state index contributed by atoms with van der Waals surface area (Å²) in [5.74, 6) is 0.929. The van der Waals surface area contributed by atoms with Crippen molar-refractivity contribution < 1.29 is 4.74 Å². The molecule has 0 spiro atoms. The molecule has 1 fully saturated rings. The molecule has 1 aliphatic rings. The quantitative estimate of drug-likeness (QED) is 0.630. The molecule has 0 aliphatic carbocycles. The molecule has 27 heavy (non-hydrogen) atoms. The van der Waals surface area contributed by atoms with Crippen molar-refractivity contribution in [3.8, 4) is 0 Å².